The van der Waals surface area contributed by atoms with Crippen LogP contribution in [0.2, 0.25) is 0 Å². The molecule has 2 unspecified atom stereocenters. The maximum atomic E-state index is 4.67. The van der Waals surface area contributed by atoms with Gasteiger partial charge in [-0.25, -0.2) is 0 Å². The molecule has 0 bridgehead atoms. The van der Waals surface area contributed by atoms with Crippen molar-refractivity contribution in [3.05, 3.63) is 11.9 Å². The Morgan fingerprint density at radius 2 is 2.29 bits per heavy atom. The van der Waals surface area contributed by atoms with Crippen LogP contribution in [0.1, 0.15) is 26.5 Å². The topological polar surface area (TPSA) is 42.2 Å². The molecule has 0 radical (unpaired) electrons. The minimum atomic E-state index is 0.403. The Bertz CT molecular complexity index is 424. The first-order valence-electron chi connectivity index (χ1n) is 6.10. The van der Waals surface area contributed by atoms with Crippen molar-refractivity contribution in [3.8, 4) is 0 Å². The van der Waals surface area contributed by atoms with E-state index in [9.17, 15) is 0 Å². The molecule has 1 aliphatic heterocycles. The minimum Gasteiger partial charge on any atom is -0.332 e. The Kier molecular flexibility index (Phi) is 3.76. The molecule has 0 saturated heterocycles. The van der Waals surface area contributed by atoms with Crippen molar-refractivity contribution in [3.63, 3.8) is 0 Å². The van der Waals surface area contributed by atoms with Gasteiger partial charge >= 0.3 is 0 Å². The third-order valence-corrected chi connectivity index (χ3v) is 4.28. The lowest BCUT2D eigenvalue weighted by Crippen LogP contribution is -2.25. The van der Waals surface area contributed by atoms with E-state index < -0.39 is 0 Å². The van der Waals surface area contributed by atoms with Gasteiger partial charge in [0.2, 0.25) is 0 Å². The van der Waals surface area contributed by atoms with Gasteiger partial charge in [0.1, 0.15) is 0 Å². The van der Waals surface area contributed by atoms with Gasteiger partial charge in [-0.05, 0) is 19.3 Å². The van der Waals surface area contributed by atoms with E-state index in [1.54, 1.807) is 11.8 Å². The second kappa shape index (κ2) is 5.12. The maximum absolute atomic E-state index is 4.67. The molecule has 1 N–H and O–H groups in total. The highest BCUT2D eigenvalue weighted by atomic mass is 32.2. The number of hydrogen-bond acceptors (Lipinski definition) is 4. The third-order valence-electron chi connectivity index (χ3n) is 3.11. The molecular weight excluding hydrogens is 232 g/mol. The van der Waals surface area contributed by atoms with E-state index in [0.717, 1.165) is 28.7 Å². The molecule has 1 aromatic heterocycles. The number of aromatic nitrogens is 2. The summed E-state index contributed by atoms with van der Waals surface area (Å²) in [5.74, 6) is 1.79. The summed E-state index contributed by atoms with van der Waals surface area (Å²) in [4.78, 5) is 4.67. The molecule has 0 amide bonds. The van der Waals surface area contributed by atoms with Crippen LogP contribution in [0.15, 0.2) is 11.2 Å². The Morgan fingerprint density at radius 1 is 1.53 bits per heavy atom. The fourth-order valence-corrected chi connectivity index (χ4v) is 2.90. The Morgan fingerprint density at radius 3 is 2.94 bits per heavy atom. The van der Waals surface area contributed by atoms with Crippen LogP contribution in [0.3, 0.4) is 0 Å². The van der Waals surface area contributed by atoms with E-state index in [1.807, 2.05) is 17.9 Å². The zero-order chi connectivity index (χ0) is 12.4. The second-order valence-corrected chi connectivity index (χ2v) is 5.61. The van der Waals surface area contributed by atoms with Gasteiger partial charge in [-0.15, -0.1) is 0 Å². The molecule has 0 fully saturated rings. The highest BCUT2D eigenvalue weighted by Gasteiger charge is 2.20. The number of amidine groups is 1. The van der Waals surface area contributed by atoms with Crippen molar-refractivity contribution in [1.29, 1.82) is 0 Å². The van der Waals surface area contributed by atoms with Crippen LogP contribution in [0.25, 0.3) is 0 Å². The summed E-state index contributed by atoms with van der Waals surface area (Å²) in [6, 6.07) is 0.403. The van der Waals surface area contributed by atoms with Crippen LogP contribution in [0, 0.1) is 5.92 Å². The Labute approximate surface area is 107 Å². The van der Waals surface area contributed by atoms with Crippen LogP contribution >= 0.6 is 11.8 Å². The van der Waals surface area contributed by atoms with Crippen LogP contribution in [-0.2, 0) is 13.5 Å². The van der Waals surface area contributed by atoms with Crippen LogP contribution in [0.5, 0.6) is 0 Å². The molecule has 94 valence electrons. The van der Waals surface area contributed by atoms with Crippen molar-refractivity contribution >= 4 is 22.6 Å². The smallest absolute Gasteiger partial charge is 0.161 e. The van der Waals surface area contributed by atoms with E-state index in [0.29, 0.717) is 12.0 Å². The minimum absolute atomic E-state index is 0.403. The lowest BCUT2D eigenvalue weighted by molar-refractivity contribution is 0.537. The SMILES string of the molecule is CCc1nn(C)cc1NC1=NC(C)C(C)CS1. The molecule has 2 atom stereocenters. The second-order valence-electron chi connectivity index (χ2n) is 4.60. The molecule has 0 aliphatic carbocycles. The van der Waals surface area contributed by atoms with Gasteiger partial charge in [0.15, 0.2) is 5.17 Å². The summed E-state index contributed by atoms with van der Waals surface area (Å²) in [5.41, 5.74) is 2.19. The summed E-state index contributed by atoms with van der Waals surface area (Å²) < 4.78 is 1.85. The number of thioether (sulfide) groups is 1. The summed E-state index contributed by atoms with van der Waals surface area (Å²) >= 11 is 1.80. The number of nitrogens with zero attached hydrogens (tertiary/aromatic N) is 3. The lowest BCUT2D eigenvalue weighted by Gasteiger charge is -2.23. The molecule has 2 heterocycles. The van der Waals surface area contributed by atoms with Gasteiger partial charge < -0.3 is 5.32 Å². The van der Waals surface area contributed by atoms with Crippen LogP contribution in [-0.4, -0.2) is 26.7 Å². The van der Waals surface area contributed by atoms with E-state index in [2.05, 4.69) is 36.2 Å². The molecular formula is C12H20N4S. The number of rotatable bonds is 2. The third kappa shape index (κ3) is 2.83. The molecule has 5 heteroatoms. The molecule has 0 spiro atoms. The Hall–Kier alpha value is -0.970. The molecule has 1 aliphatic rings. The standard InChI is InChI=1S/C12H20N4S/c1-5-10-11(6-16(4)15-10)14-12-13-9(3)8(2)7-17-12/h6,8-9H,5,7H2,1-4H3,(H,13,14). The normalized spacial score (nSPS) is 24.6. The van der Waals surface area contributed by atoms with Gasteiger partial charge in [0, 0.05) is 19.0 Å². The van der Waals surface area contributed by atoms with Gasteiger partial charge in [-0.3, -0.25) is 9.67 Å². The largest absolute Gasteiger partial charge is 0.332 e. The van der Waals surface area contributed by atoms with Crippen LogP contribution < -0.4 is 5.32 Å². The number of aliphatic imine (C=N–C) groups is 1. The molecule has 17 heavy (non-hydrogen) atoms. The quantitative estimate of drug-likeness (QED) is 0.879. The van der Waals surface area contributed by atoms with E-state index in [4.69, 9.17) is 0 Å². The van der Waals surface area contributed by atoms with Crippen molar-refractivity contribution < 1.29 is 0 Å². The van der Waals surface area contributed by atoms with Gasteiger partial charge in [-0.2, -0.15) is 5.10 Å². The summed E-state index contributed by atoms with van der Waals surface area (Å²) in [6.07, 6.45) is 2.96. The summed E-state index contributed by atoms with van der Waals surface area (Å²) in [7, 11) is 1.95. The molecule has 0 aromatic carbocycles. The van der Waals surface area contributed by atoms with Gasteiger partial charge in [0.25, 0.3) is 0 Å². The summed E-state index contributed by atoms with van der Waals surface area (Å²) in [6.45, 7) is 6.55. The highest BCUT2D eigenvalue weighted by molar-refractivity contribution is 8.14. The lowest BCUT2D eigenvalue weighted by atomic mass is 10.1. The van der Waals surface area contributed by atoms with E-state index in [-0.39, 0.29) is 0 Å². The number of hydrogen-bond donors (Lipinski definition) is 1. The predicted molar refractivity (Wildman–Crippen MR) is 74.7 cm³/mol. The number of aryl methyl sites for hydroxylation is 2. The average molecular weight is 252 g/mol. The van der Waals surface area contributed by atoms with Crippen molar-refractivity contribution in [2.24, 2.45) is 18.0 Å². The van der Waals surface area contributed by atoms with Crippen LogP contribution in [0.4, 0.5) is 5.69 Å². The Balaban J connectivity index is 2.13. The summed E-state index contributed by atoms with van der Waals surface area (Å²) in [5, 5.41) is 8.85. The molecule has 1 aromatic rings. The molecule has 4 nitrogen and oxygen atoms in total. The first-order valence-corrected chi connectivity index (χ1v) is 7.08. The fraction of sp³-hybridized carbons (Fsp3) is 0.667. The first-order chi connectivity index (χ1) is 8.10. The zero-order valence-corrected chi connectivity index (χ0v) is 11.7. The molecule has 2 rings (SSSR count). The van der Waals surface area contributed by atoms with Crippen molar-refractivity contribution in [2.75, 3.05) is 11.1 Å². The van der Waals surface area contributed by atoms with E-state index >= 15 is 0 Å². The molecule has 0 saturated carbocycles. The van der Waals surface area contributed by atoms with E-state index in [1.165, 1.54) is 0 Å². The maximum Gasteiger partial charge on any atom is 0.161 e. The van der Waals surface area contributed by atoms with Gasteiger partial charge in [-0.1, -0.05) is 25.6 Å². The number of anilines is 1. The average Bonchev–Trinajstić information content (AvgIpc) is 2.64. The monoisotopic (exact) mass is 252 g/mol. The highest BCUT2D eigenvalue weighted by Crippen LogP contribution is 2.24. The van der Waals surface area contributed by atoms with Crippen molar-refractivity contribution in [1.82, 2.24) is 9.78 Å². The fourth-order valence-electron chi connectivity index (χ4n) is 1.78. The first kappa shape index (κ1) is 12.5. The zero-order valence-electron chi connectivity index (χ0n) is 10.9. The number of nitrogens with one attached hydrogen (secondary N) is 1. The van der Waals surface area contributed by atoms with Gasteiger partial charge in [0.05, 0.1) is 17.4 Å². The van der Waals surface area contributed by atoms with Crippen molar-refractivity contribution in [2.45, 2.75) is 33.2 Å². The predicted octanol–water partition coefficient (Wildman–Crippen LogP) is 2.52.